The number of fused-ring (bicyclic) bond motifs is 1. The molecule has 0 unspecified atom stereocenters. The Bertz CT molecular complexity index is 783. The first kappa shape index (κ1) is 15.3. The molecule has 2 aromatic rings. The fourth-order valence-electron chi connectivity index (χ4n) is 2.79. The predicted octanol–water partition coefficient (Wildman–Crippen LogP) is 1.36. The van der Waals surface area contributed by atoms with Gasteiger partial charge in [0.05, 0.1) is 11.5 Å². The summed E-state index contributed by atoms with van der Waals surface area (Å²) < 4.78 is 22.8. The van der Waals surface area contributed by atoms with Crippen LogP contribution in [-0.2, 0) is 16.3 Å². The lowest BCUT2D eigenvalue weighted by Gasteiger charge is -2.14. The third-order valence-corrected chi connectivity index (χ3v) is 5.95. The maximum Gasteiger partial charge on any atom is 0.166 e. The molecule has 3 rings (SSSR count). The molecule has 3 N–H and O–H groups in total. The summed E-state index contributed by atoms with van der Waals surface area (Å²) >= 11 is 5.23. The molecule has 1 aliphatic rings. The lowest BCUT2D eigenvalue weighted by molar-refractivity contribution is 0.600. The second kappa shape index (κ2) is 6.26. The Morgan fingerprint density at radius 1 is 1.36 bits per heavy atom. The minimum Gasteiger partial charge on any atom is -0.362 e. The number of nitrogens with one attached hydrogen (secondary N) is 3. The number of aromatic nitrogens is 1. The molecule has 0 saturated carbocycles. The molecular formula is C15H19N3O2S2. The first-order chi connectivity index (χ1) is 10.5. The van der Waals surface area contributed by atoms with Crippen LogP contribution in [0.5, 0.6) is 0 Å². The van der Waals surface area contributed by atoms with E-state index in [0.717, 1.165) is 11.9 Å². The summed E-state index contributed by atoms with van der Waals surface area (Å²) in [6, 6.07) is 8.13. The number of thiocarbonyl (C=S) groups is 1. The van der Waals surface area contributed by atoms with E-state index < -0.39 is 9.84 Å². The van der Waals surface area contributed by atoms with Gasteiger partial charge < -0.3 is 15.6 Å². The number of sulfone groups is 1. The number of hydrogen-bond acceptors (Lipinski definition) is 3. The van der Waals surface area contributed by atoms with Gasteiger partial charge in [-0.25, -0.2) is 8.42 Å². The summed E-state index contributed by atoms with van der Waals surface area (Å²) in [5, 5.41) is 7.99. The predicted molar refractivity (Wildman–Crippen MR) is 92.8 cm³/mol. The maximum atomic E-state index is 11.4. The highest BCUT2D eigenvalue weighted by atomic mass is 32.2. The van der Waals surface area contributed by atoms with Crippen molar-refractivity contribution in [2.24, 2.45) is 0 Å². The van der Waals surface area contributed by atoms with Crippen LogP contribution in [0.25, 0.3) is 10.9 Å². The molecule has 1 aromatic carbocycles. The van der Waals surface area contributed by atoms with E-state index in [4.69, 9.17) is 12.2 Å². The van der Waals surface area contributed by atoms with Crippen molar-refractivity contribution in [3.8, 4) is 0 Å². The summed E-state index contributed by atoms with van der Waals surface area (Å²) in [5.74, 6) is 0.430. The van der Waals surface area contributed by atoms with Crippen molar-refractivity contribution in [2.75, 3.05) is 18.1 Å². The molecule has 0 amide bonds. The van der Waals surface area contributed by atoms with E-state index >= 15 is 0 Å². The van der Waals surface area contributed by atoms with Gasteiger partial charge in [-0.1, -0.05) is 18.2 Å². The molecule has 1 aromatic heterocycles. The topological polar surface area (TPSA) is 74.0 Å². The largest absolute Gasteiger partial charge is 0.362 e. The van der Waals surface area contributed by atoms with Gasteiger partial charge in [0.15, 0.2) is 14.9 Å². The van der Waals surface area contributed by atoms with Crippen molar-refractivity contribution < 1.29 is 8.42 Å². The first-order valence-corrected chi connectivity index (χ1v) is 9.56. The van der Waals surface area contributed by atoms with Gasteiger partial charge in [0.1, 0.15) is 0 Å². The Morgan fingerprint density at radius 2 is 2.18 bits per heavy atom. The standard InChI is InChI=1S/C15H19N3O2S2/c19-22(20)8-6-12(10-22)18-15(21)16-7-5-11-9-17-14-4-2-1-3-13(11)14/h1-4,9,12,17H,5-8,10H2,(H2,16,18,21)/t12-/m1/s1. The third-order valence-electron chi connectivity index (χ3n) is 3.92. The number of para-hydroxylation sites is 1. The molecular weight excluding hydrogens is 318 g/mol. The van der Waals surface area contributed by atoms with E-state index in [1.54, 1.807) is 0 Å². The van der Waals surface area contributed by atoms with Crippen LogP contribution in [0.2, 0.25) is 0 Å². The molecule has 5 nitrogen and oxygen atoms in total. The number of hydrogen-bond donors (Lipinski definition) is 3. The van der Waals surface area contributed by atoms with Crippen LogP contribution < -0.4 is 10.6 Å². The van der Waals surface area contributed by atoms with E-state index in [1.165, 1.54) is 10.9 Å². The first-order valence-electron chi connectivity index (χ1n) is 7.33. The quantitative estimate of drug-likeness (QED) is 0.735. The molecule has 1 saturated heterocycles. The second-order valence-corrected chi connectivity index (χ2v) is 8.25. The van der Waals surface area contributed by atoms with Gasteiger partial charge in [-0.2, -0.15) is 0 Å². The third kappa shape index (κ3) is 3.59. The molecule has 1 atom stereocenters. The highest BCUT2D eigenvalue weighted by Gasteiger charge is 2.28. The Labute approximate surface area is 135 Å². The van der Waals surface area contributed by atoms with Crippen molar-refractivity contribution in [1.29, 1.82) is 0 Å². The molecule has 0 bridgehead atoms. The van der Waals surface area contributed by atoms with Crippen LogP contribution in [0.15, 0.2) is 30.5 Å². The smallest absolute Gasteiger partial charge is 0.166 e. The van der Waals surface area contributed by atoms with E-state index in [9.17, 15) is 8.42 Å². The summed E-state index contributed by atoms with van der Waals surface area (Å²) in [7, 11) is -2.88. The van der Waals surface area contributed by atoms with Crippen LogP contribution in [0.1, 0.15) is 12.0 Å². The Balaban J connectivity index is 1.48. The van der Waals surface area contributed by atoms with Crippen LogP contribution in [0.4, 0.5) is 0 Å². The van der Waals surface area contributed by atoms with Crippen LogP contribution in [0.3, 0.4) is 0 Å². The van der Waals surface area contributed by atoms with Gasteiger partial charge in [0, 0.05) is 29.7 Å². The number of aromatic amines is 1. The summed E-state index contributed by atoms with van der Waals surface area (Å²) in [6.45, 7) is 0.715. The van der Waals surface area contributed by atoms with E-state index in [-0.39, 0.29) is 17.5 Å². The monoisotopic (exact) mass is 337 g/mol. The fourth-order valence-corrected chi connectivity index (χ4v) is 4.74. The minimum absolute atomic E-state index is 0.0573. The SMILES string of the molecule is O=S1(=O)CC[C@@H](NC(=S)NCCc2c[nH]c3ccccc23)C1. The maximum absolute atomic E-state index is 11.4. The fraction of sp³-hybridized carbons (Fsp3) is 0.400. The Kier molecular flexibility index (Phi) is 4.35. The molecule has 0 radical (unpaired) electrons. The second-order valence-electron chi connectivity index (χ2n) is 5.61. The van der Waals surface area contributed by atoms with Crippen LogP contribution >= 0.6 is 12.2 Å². The summed E-state index contributed by atoms with van der Waals surface area (Å²) in [4.78, 5) is 3.25. The Morgan fingerprint density at radius 3 is 2.95 bits per heavy atom. The molecule has 0 aliphatic carbocycles. The highest BCUT2D eigenvalue weighted by molar-refractivity contribution is 7.91. The van der Waals surface area contributed by atoms with E-state index in [1.807, 2.05) is 18.3 Å². The lowest BCUT2D eigenvalue weighted by atomic mass is 10.1. The van der Waals surface area contributed by atoms with Crippen molar-refractivity contribution in [2.45, 2.75) is 18.9 Å². The van der Waals surface area contributed by atoms with E-state index in [0.29, 0.717) is 18.1 Å². The minimum atomic E-state index is -2.88. The summed E-state index contributed by atoms with van der Waals surface area (Å²) in [5.41, 5.74) is 2.38. The van der Waals surface area contributed by atoms with Gasteiger partial charge >= 0.3 is 0 Å². The Hall–Kier alpha value is -1.60. The summed E-state index contributed by atoms with van der Waals surface area (Å²) in [6.07, 6.45) is 3.51. The van der Waals surface area contributed by atoms with Gasteiger partial charge in [-0.15, -0.1) is 0 Å². The van der Waals surface area contributed by atoms with Crippen molar-refractivity contribution in [3.63, 3.8) is 0 Å². The number of rotatable bonds is 4. The number of benzene rings is 1. The average molecular weight is 337 g/mol. The number of H-pyrrole nitrogens is 1. The van der Waals surface area contributed by atoms with Gasteiger partial charge in [0.25, 0.3) is 0 Å². The van der Waals surface area contributed by atoms with E-state index in [2.05, 4.69) is 27.8 Å². The van der Waals surface area contributed by atoms with Crippen LogP contribution in [-0.4, -0.2) is 42.6 Å². The van der Waals surface area contributed by atoms with Gasteiger partial charge in [-0.05, 0) is 36.7 Å². The zero-order valence-corrected chi connectivity index (χ0v) is 13.8. The van der Waals surface area contributed by atoms with Crippen molar-refractivity contribution >= 4 is 38.1 Å². The van der Waals surface area contributed by atoms with Gasteiger partial charge in [0.2, 0.25) is 0 Å². The zero-order valence-electron chi connectivity index (χ0n) is 12.1. The molecule has 7 heteroatoms. The van der Waals surface area contributed by atoms with Crippen molar-refractivity contribution in [1.82, 2.24) is 15.6 Å². The molecule has 118 valence electrons. The molecule has 2 heterocycles. The molecule has 1 fully saturated rings. The lowest BCUT2D eigenvalue weighted by Crippen LogP contribution is -2.43. The molecule has 1 aliphatic heterocycles. The molecule has 22 heavy (non-hydrogen) atoms. The average Bonchev–Trinajstić information content (AvgIpc) is 3.03. The van der Waals surface area contributed by atoms with Crippen LogP contribution in [0, 0.1) is 0 Å². The normalized spacial score (nSPS) is 20.1. The van der Waals surface area contributed by atoms with Crippen molar-refractivity contribution in [3.05, 3.63) is 36.0 Å². The zero-order chi connectivity index (χ0) is 15.6. The van der Waals surface area contributed by atoms with Gasteiger partial charge in [-0.3, -0.25) is 0 Å². The highest BCUT2D eigenvalue weighted by Crippen LogP contribution is 2.17. The molecule has 0 spiro atoms.